The van der Waals surface area contributed by atoms with Crippen LogP contribution in [0.1, 0.15) is 52.7 Å². The first kappa shape index (κ1) is 18.1. The van der Waals surface area contributed by atoms with Gasteiger partial charge < -0.3 is 10.2 Å². The van der Waals surface area contributed by atoms with Crippen molar-refractivity contribution in [1.29, 1.82) is 0 Å². The van der Waals surface area contributed by atoms with Crippen LogP contribution in [0.5, 0.6) is 0 Å². The number of hydrogen-bond acceptors (Lipinski definition) is 2. The van der Waals surface area contributed by atoms with Crippen LogP contribution in [-0.2, 0) is 0 Å². The lowest BCUT2D eigenvalue weighted by molar-refractivity contribution is 0.0793. The Hall–Kier alpha value is -1.97. The lowest BCUT2D eigenvalue weighted by atomic mass is 9.76. The SMILES string of the molecule is O=C(c1cccc2c1N[C@@H](c1ccc(Cl)cc1Cl)[C@@H]1CC=C[C@H]21)N1CCCC1. The Balaban J connectivity index is 1.59. The molecule has 1 N–H and O–H groups in total. The fourth-order valence-electron chi connectivity index (χ4n) is 4.95. The summed E-state index contributed by atoms with van der Waals surface area (Å²) in [6.07, 6.45) is 7.70. The molecule has 2 aromatic rings. The number of benzene rings is 2. The second-order valence-corrected chi connectivity index (χ2v) is 8.75. The molecule has 1 saturated heterocycles. The van der Waals surface area contributed by atoms with E-state index >= 15 is 0 Å². The van der Waals surface area contributed by atoms with Crippen LogP contribution in [0.4, 0.5) is 5.69 Å². The predicted octanol–water partition coefficient (Wildman–Crippen LogP) is 6.06. The van der Waals surface area contributed by atoms with Crippen molar-refractivity contribution in [3.05, 3.63) is 75.3 Å². The van der Waals surface area contributed by atoms with Crippen molar-refractivity contribution in [2.75, 3.05) is 18.4 Å². The number of para-hydroxylation sites is 1. The van der Waals surface area contributed by atoms with E-state index in [1.807, 2.05) is 29.2 Å². The molecule has 0 bridgehead atoms. The number of hydrogen-bond donors (Lipinski definition) is 1. The van der Waals surface area contributed by atoms with E-state index in [0.717, 1.165) is 49.2 Å². The first-order valence-corrected chi connectivity index (χ1v) is 10.7. The fraction of sp³-hybridized carbons (Fsp3) is 0.348. The molecule has 1 amide bonds. The molecule has 0 spiro atoms. The zero-order valence-electron chi connectivity index (χ0n) is 15.5. The van der Waals surface area contributed by atoms with Crippen molar-refractivity contribution in [2.24, 2.45) is 5.92 Å². The van der Waals surface area contributed by atoms with Crippen molar-refractivity contribution >= 4 is 34.8 Å². The van der Waals surface area contributed by atoms with Gasteiger partial charge >= 0.3 is 0 Å². The smallest absolute Gasteiger partial charge is 0.255 e. The first-order chi connectivity index (χ1) is 13.6. The van der Waals surface area contributed by atoms with Crippen molar-refractivity contribution < 1.29 is 4.79 Å². The van der Waals surface area contributed by atoms with Crippen LogP contribution < -0.4 is 5.32 Å². The van der Waals surface area contributed by atoms with Crippen LogP contribution in [0.3, 0.4) is 0 Å². The molecule has 0 aromatic heterocycles. The maximum Gasteiger partial charge on any atom is 0.255 e. The highest BCUT2D eigenvalue weighted by atomic mass is 35.5. The van der Waals surface area contributed by atoms with Crippen LogP contribution in [0.25, 0.3) is 0 Å². The number of amides is 1. The van der Waals surface area contributed by atoms with Gasteiger partial charge in [0.25, 0.3) is 5.91 Å². The Labute approximate surface area is 175 Å². The van der Waals surface area contributed by atoms with E-state index in [0.29, 0.717) is 21.9 Å². The Kier molecular flexibility index (Phi) is 4.60. The number of likely N-dealkylation sites (tertiary alicyclic amines) is 1. The second kappa shape index (κ2) is 7.13. The van der Waals surface area contributed by atoms with Gasteiger partial charge in [0, 0.05) is 29.1 Å². The monoisotopic (exact) mass is 412 g/mol. The molecule has 0 saturated carbocycles. The molecule has 0 radical (unpaired) electrons. The van der Waals surface area contributed by atoms with Gasteiger partial charge in [0.15, 0.2) is 0 Å². The molecule has 5 heteroatoms. The summed E-state index contributed by atoms with van der Waals surface area (Å²) in [5.41, 5.74) is 3.99. The molecule has 3 atom stereocenters. The molecule has 0 unspecified atom stereocenters. The van der Waals surface area contributed by atoms with E-state index in [4.69, 9.17) is 23.2 Å². The minimum Gasteiger partial charge on any atom is -0.377 e. The van der Waals surface area contributed by atoms with Crippen LogP contribution >= 0.6 is 23.2 Å². The van der Waals surface area contributed by atoms with Gasteiger partial charge in [0.05, 0.1) is 17.3 Å². The molecule has 1 aliphatic carbocycles. The van der Waals surface area contributed by atoms with Gasteiger partial charge in [0.1, 0.15) is 0 Å². The fourth-order valence-corrected chi connectivity index (χ4v) is 5.48. The number of rotatable bonds is 2. The number of fused-ring (bicyclic) bond motifs is 3. The van der Waals surface area contributed by atoms with Crippen LogP contribution in [-0.4, -0.2) is 23.9 Å². The molecule has 144 valence electrons. The maximum atomic E-state index is 13.2. The summed E-state index contributed by atoms with van der Waals surface area (Å²) in [5.74, 6) is 0.797. The third kappa shape index (κ3) is 2.92. The van der Waals surface area contributed by atoms with Crippen molar-refractivity contribution in [3.8, 4) is 0 Å². The molecule has 2 heterocycles. The van der Waals surface area contributed by atoms with Gasteiger partial charge in [0.2, 0.25) is 0 Å². The average Bonchev–Trinajstić information content (AvgIpc) is 3.39. The Morgan fingerprint density at radius 2 is 1.89 bits per heavy atom. The van der Waals surface area contributed by atoms with Crippen LogP contribution in [0.15, 0.2) is 48.6 Å². The largest absolute Gasteiger partial charge is 0.377 e. The molecule has 2 aliphatic heterocycles. The lowest BCUT2D eigenvalue weighted by Crippen LogP contribution is -2.33. The average molecular weight is 413 g/mol. The van der Waals surface area contributed by atoms with Crippen molar-refractivity contribution in [1.82, 2.24) is 4.90 Å². The molecule has 3 nitrogen and oxygen atoms in total. The number of carbonyl (C=O) groups is 1. The number of nitrogens with one attached hydrogen (secondary N) is 1. The zero-order chi connectivity index (χ0) is 19.3. The Bertz CT molecular complexity index is 965. The standard InChI is InChI=1S/C23H22Cl2N2O/c24-14-9-10-18(20(25)13-14)21-16-6-3-5-15(16)17-7-4-8-19(22(17)26-21)23(28)27-11-1-2-12-27/h3-5,7-10,13,15-16,21,26H,1-2,6,11-12H2/t15-,16+,21+/m0/s1. The number of halogens is 2. The summed E-state index contributed by atoms with van der Waals surface area (Å²) in [6, 6.07) is 11.9. The third-order valence-electron chi connectivity index (χ3n) is 6.32. The minimum atomic E-state index is 0.0461. The third-order valence-corrected chi connectivity index (χ3v) is 6.88. The summed E-state index contributed by atoms with van der Waals surface area (Å²) in [6.45, 7) is 1.70. The molecule has 5 rings (SSSR count). The number of carbonyl (C=O) groups excluding carboxylic acids is 1. The molecular formula is C23H22Cl2N2O. The summed E-state index contributed by atoms with van der Waals surface area (Å²) in [4.78, 5) is 15.2. The quantitative estimate of drug-likeness (QED) is 0.608. The molecule has 28 heavy (non-hydrogen) atoms. The van der Waals surface area contributed by atoms with Gasteiger partial charge in [-0.25, -0.2) is 0 Å². The van der Waals surface area contributed by atoms with Crippen molar-refractivity contribution in [3.63, 3.8) is 0 Å². The van der Waals surface area contributed by atoms with Gasteiger partial charge in [-0.2, -0.15) is 0 Å². The van der Waals surface area contributed by atoms with E-state index < -0.39 is 0 Å². The predicted molar refractivity (Wildman–Crippen MR) is 114 cm³/mol. The second-order valence-electron chi connectivity index (χ2n) is 7.91. The van der Waals surface area contributed by atoms with Crippen molar-refractivity contribution in [2.45, 2.75) is 31.2 Å². The first-order valence-electron chi connectivity index (χ1n) is 9.94. The highest BCUT2D eigenvalue weighted by Gasteiger charge is 2.40. The zero-order valence-corrected chi connectivity index (χ0v) is 17.0. The van der Waals surface area contributed by atoms with Gasteiger partial charge in [-0.05, 0) is 54.5 Å². The van der Waals surface area contributed by atoms with E-state index in [2.05, 4.69) is 23.5 Å². The summed E-state index contributed by atoms with van der Waals surface area (Å²) in [7, 11) is 0. The van der Waals surface area contributed by atoms with E-state index in [9.17, 15) is 4.79 Å². The molecule has 1 fully saturated rings. The highest BCUT2D eigenvalue weighted by Crippen LogP contribution is 2.51. The summed E-state index contributed by atoms with van der Waals surface area (Å²) in [5, 5.41) is 5.01. The Morgan fingerprint density at radius 1 is 1.07 bits per heavy atom. The van der Waals surface area contributed by atoms with Gasteiger partial charge in [-0.15, -0.1) is 0 Å². The van der Waals surface area contributed by atoms with E-state index in [1.165, 1.54) is 5.56 Å². The van der Waals surface area contributed by atoms with E-state index in [1.54, 1.807) is 6.07 Å². The number of anilines is 1. The lowest BCUT2D eigenvalue weighted by Gasteiger charge is -2.39. The van der Waals surface area contributed by atoms with E-state index in [-0.39, 0.29) is 11.9 Å². The van der Waals surface area contributed by atoms with Gasteiger partial charge in [-0.1, -0.05) is 53.6 Å². The molecule has 2 aromatic carbocycles. The van der Waals surface area contributed by atoms with Crippen LogP contribution in [0.2, 0.25) is 10.0 Å². The topological polar surface area (TPSA) is 32.3 Å². The number of allylic oxidation sites excluding steroid dienone is 2. The minimum absolute atomic E-state index is 0.0461. The molecule has 3 aliphatic rings. The normalized spacial score (nSPS) is 25.4. The summed E-state index contributed by atoms with van der Waals surface area (Å²) < 4.78 is 0. The van der Waals surface area contributed by atoms with Gasteiger partial charge in [-0.3, -0.25) is 4.79 Å². The Morgan fingerprint density at radius 3 is 2.68 bits per heavy atom. The molecular weight excluding hydrogens is 391 g/mol. The summed E-state index contributed by atoms with van der Waals surface area (Å²) >= 11 is 12.7. The van der Waals surface area contributed by atoms with Crippen LogP contribution in [0, 0.1) is 5.92 Å². The number of nitrogens with zero attached hydrogens (tertiary/aromatic N) is 1. The highest BCUT2D eigenvalue weighted by molar-refractivity contribution is 6.35. The maximum absolute atomic E-state index is 13.2.